The lowest BCUT2D eigenvalue weighted by Gasteiger charge is -2.39. The maximum Gasteiger partial charge on any atom is 0.0829 e. The van der Waals surface area contributed by atoms with E-state index in [0.29, 0.717) is 24.2 Å². The molecule has 0 aromatic rings. The van der Waals surface area contributed by atoms with E-state index in [2.05, 4.69) is 35.7 Å². The van der Waals surface area contributed by atoms with Gasteiger partial charge in [0.05, 0.1) is 12.2 Å². The van der Waals surface area contributed by atoms with Gasteiger partial charge in [-0.25, -0.2) is 0 Å². The average molecular weight is 325 g/mol. The third-order valence-corrected chi connectivity index (χ3v) is 7.35. The zero-order valence-electron chi connectivity index (χ0n) is 14.7. The van der Waals surface area contributed by atoms with Gasteiger partial charge in [0, 0.05) is 12.0 Å². The number of ether oxygens (including phenoxy) is 1. The molecule has 5 aliphatic rings. The molecule has 2 heteroatoms. The lowest BCUT2D eigenvalue weighted by Crippen LogP contribution is -2.37. The van der Waals surface area contributed by atoms with Crippen molar-refractivity contribution in [2.75, 3.05) is 6.54 Å². The van der Waals surface area contributed by atoms with Crippen LogP contribution in [0.1, 0.15) is 51.4 Å². The molecule has 2 nitrogen and oxygen atoms in total. The first-order valence-electron chi connectivity index (χ1n) is 10.3. The summed E-state index contributed by atoms with van der Waals surface area (Å²) >= 11 is 0. The number of hydrogen-bond donors (Lipinski definition) is 1. The minimum Gasteiger partial charge on any atom is -0.370 e. The highest BCUT2D eigenvalue weighted by Crippen LogP contribution is 2.50. The highest BCUT2D eigenvalue weighted by atomic mass is 16.5. The Morgan fingerprint density at radius 2 is 1.96 bits per heavy atom. The van der Waals surface area contributed by atoms with E-state index in [9.17, 15) is 0 Å². The summed E-state index contributed by atoms with van der Waals surface area (Å²) in [6.45, 7) is 1.18. The summed E-state index contributed by atoms with van der Waals surface area (Å²) in [7, 11) is 0. The molecule has 5 rings (SSSR count). The topological polar surface area (TPSA) is 21.3 Å². The molecule has 24 heavy (non-hydrogen) atoms. The molecule has 1 saturated carbocycles. The van der Waals surface area contributed by atoms with Gasteiger partial charge in [-0.1, -0.05) is 36.8 Å². The number of fused-ring (bicyclic) bond motifs is 3. The molecule has 3 aliphatic carbocycles. The molecule has 7 unspecified atom stereocenters. The van der Waals surface area contributed by atoms with Crippen LogP contribution >= 0.6 is 0 Å². The van der Waals surface area contributed by atoms with Gasteiger partial charge in [-0.05, 0) is 74.8 Å². The van der Waals surface area contributed by atoms with Crippen molar-refractivity contribution in [1.29, 1.82) is 0 Å². The van der Waals surface area contributed by atoms with Crippen molar-refractivity contribution in [2.45, 2.75) is 69.6 Å². The van der Waals surface area contributed by atoms with Crippen LogP contribution in [0, 0.1) is 23.7 Å². The monoisotopic (exact) mass is 325 g/mol. The van der Waals surface area contributed by atoms with Crippen LogP contribution < -0.4 is 5.32 Å². The van der Waals surface area contributed by atoms with E-state index < -0.39 is 0 Å². The number of rotatable bonds is 2. The predicted molar refractivity (Wildman–Crippen MR) is 97.7 cm³/mol. The van der Waals surface area contributed by atoms with Crippen LogP contribution in [0.15, 0.2) is 36.0 Å². The second kappa shape index (κ2) is 6.46. The number of allylic oxidation sites excluding steroid dienone is 2. The third-order valence-electron chi connectivity index (χ3n) is 7.35. The Labute approximate surface area is 146 Å². The highest BCUT2D eigenvalue weighted by Gasteiger charge is 2.49. The molecule has 2 saturated heterocycles. The Hall–Kier alpha value is -0.860. The second-order valence-electron chi connectivity index (χ2n) is 8.62. The predicted octanol–water partition coefficient (Wildman–Crippen LogP) is 4.39. The third kappa shape index (κ3) is 2.63. The highest BCUT2D eigenvalue weighted by molar-refractivity contribution is 5.33. The summed E-state index contributed by atoms with van der Waals surface area (Å²) < 4.78 is 6.67. The Morgan fingerprint density at radius 3 is 2.79 bits per heavy atom. The van der Waals surface area contributed by atoms with E-state index in [1.54, 1.807) is 5.57 Å². The Balaban J connectivity index is 1.36. The average Bonchev–Trinajstić information content (AvgIpc) is 3.29. The lowest BCUT2D eigenvalue weighted by atomic mass is 9.66. The van der Waals surface area contributed by atoms with E-state index in [-0.39, 0.29) is 0 Å². The minimum absolute atomic E-state index is 0.352. The smallest absolute Gasteiger partial charge is 0.0829 e. The van der Waals surface area contributed by atoms with Crippen molar-refractivity contribution in [3.63, 3.8) is 0 Å². The van der Waals surface area contributed by atoms with Crippen LogP contribution in [-0.4, -0.2) is 24.8 Å². The summed E-state index contributed by atoms with van der Waals surface area (Å²) in [5.74, 6) is 3.07. The van der Waals surface area contributed by atoms with Crippen LogP contribution in [0.5, 0.6) is 0 Å². The van der Waals surface area contributed by atoms with Gasteiger partial charge in [-0.2, -0.15) is 0 Å². The summed E-state index contributed by atoms with van der Waals surface area (Å²) in [6.07, 6.45) is 23.8. The zero-order valence-corrected chi connectivity index (χ0v) is 14.7. The fourth-order valence-electron chi connectivity index (χ4n) is 6.15. The quantitative estimate of drug-likeness (QED) is 0.760. The number of hydrogen-bond acceptors (Lipinski definition) is 2. The van der Waals surface area contributed by atoms with Crippen molar-refractivity contribution in [1.82, 2.24) is 5.32 Å². The van der Waals surface area contributed by atoms with Gasteiger partial charge in [0.15, 0.2) is 0 Å². The molecule has 0 radical (unpaired) electrons. The van der Waals surface area contributed by atoms with Gasteiger partial charge in [-0.3, -0.25) is 0 Å². The summed E-state index contributed by atoms with van der Waals surface area (Å²) in [5.41, 5.74) is 1.54. The molecule has 3 fully saturated rings. The van der Waals surface area contributed by atoms with Crippen molar-refractivity contribution in [3.05, 3.63) is 36.0 Å². The molecule has 7 atom stereocenters. The molecule has 2 aliphatic heterocycles. The molecule has 0 bridgehead atoms. The SMILES string of the molecule is C1=CCC(C2CCCC3C4C=C(C5CCCN5)C=CC4OC23)CC1. The lowest BCUT2D eigenvalue weighted by molar-refractivity contribution is -0.0256. The maximum absolute atomic E-state index is 6.67. The van der Waals surface area contributed by atoms with Crippen LogP contribution in [0.4, 0.5) is 0 Å². The van der Waals surface area contributed by atoms with Gasteiger partial charge in [0.25, 0.3) is 0 Å². The van der Waals surface area contributed by atoms with Crippen LogP contribution in [0.25, 0.3) is 0 Å². The maximum atomic E-state index is 6.67. The van der Waals surface area contributed by atoms with Crippen LogP contribution in [0.2, 0.25) is 0 Å². The van der Waals surface area contributed by atoms with Gasteiger partial charge < -0.3 is 10.1 Å². The van der Waals surface area contributed by atoms with E-state index >= 15 is 0 Å². The first kappa shape index (κ1) is 15.4. The molecule has 0 aromatic carbocycles. The normalized spacial score (nSPS) is 47.3. The molecule has 0 amide bonds. The summed E-state index contributed by atoms with van der Waals surface area (Å²) in [4.78, 5) is 0. The summed E-state index contributed by atoms with van der Waals surface area (Å²) in [5, 5.41) is 3.67. The molecule has 0 aromatic heterocycles. The molecule has 1 N–H and O–H groups in total. The number of nitrogens with one attached hydrogen (secondary N) is 1. The first-order valence-corrected chi connectivity index (χ1v) is 10.3. The molecule has 0 spiro atoms. The van der Waals surface area contributed by atoms with E-state index in [0.717, 1.165) is 17.8 Å². The van der Waals surface area contributed by atoms with Crippen molar-refractivity contribution >= 4 is 0 Å². The fraction of sp³-hybridized carbons (Fsp3) is 0.727. The molecule has 2 heterocycles. The minimum atomic E-state index is 0.352. The second-order valence-corrected chi connectivity index (χ2v) is 8.62. The van der Waals surface area contributed by atoms with Crippen molar-refractivity contribution in [2.24, 2.45) is 23.7 Å². The summed E-state index contributed by atoms with van der Waals surface area (Å²) in [6, 6.07) is 0.601. The van der Waals surface area contributed by atoms with Gasteiger partial charge >= 0.3 is 0 Å². The van der Waals surface area contributed by atoms with Crippen LogP contribution in [0.3, 0.4) is 0 Å². The molecule has 130 valence electrons. The Morgan fingerprint density at radius 1 is 1.00 bits per heavy atom. The Bertz CT molecular complexity index is 556. The van der Waals surface area contributed by atoms with Gasteiger partial charge in [-0.15, -0.1) is 0 Å². The van der Waals surface area contributed by atoms with Crippen molar-refractivity contribution < 1.29 is 4.74 Å². The van der Waals surface area contributed by atoms with Gasteiger partial charge in [0.1, 0.15) is 0 Å². The molecular weight excluding hydrogens is 294 g/mol. The largest absolute Gasteiger partial charge is 0.370 e. The fourth-order valence-corrected chi connectivity index (χ4v) is 6.15. The zero-order chi connectivity index (χ0) is 15.9. The van der Waals surface area contributed by atoms with E-state index in [1.807, 2.05) is 0 Å². The standard InChI is InChI=1S/C22H31NO/c1-2-6-15(7-3-1)17-8-4-9-18-19-14-16(20-10-5-13-23-20)11-12-21(19)24-22(17)18/h1-2,11-12,14-15,17-23H,3-10,13H2. The molecular formula is C22H31NO. The van der Waals surface area contributed by atoms with Crippen molar-refractivity contribution in [3.8, 4) is 0 Å². The Kier molecular flexibility index (Phi) is 4.14. The van der Waals surface area contributed by atoms with Crippen LogP contribution in [-0.2, 0) is 4.74 Å². The van der Waals surface area contributed by atoms with E-state index in [4.69, 9.17) is 4.74 Å². The van der Waals surface area contributed by atoms with Gasteiger partial charge in [0.2, 0.25) is 0 Å². The first-order chi connectivity index (χ1) is 11.9. The van der Waals surface area contributed by atoms with E-state index in [1.165, 1.54) is 57.9 Å².